The minimum atomic E-state index is -0.162. The van der Waals surface area contributed by atoms with Crippen LogP contribution in [0.15, 0.2) is 65.7 Å². The van der Waals surface area contributed by atoms with Gasteiger partial charge >= 0.3 is 0 Å². The van der Waals surface area contributed by atoms with Crippen molar-refractivity contribution in [2.24, 2.45) is 0 Å². The molecule has 0 saturated heterocycles. The van der Waals surface area contributed by atoms with E-state index in [4.69, 9.17) is 0 Å². The average Bonchev–Trinajstić information content (AvgIpc) is 3.05. The van der Waals surface area contributed by atoms with Crippen molar-refractivity contribution < 1.29 is 4.79 Å². The smallest absolute Gasteiger partial charge is 0.240 e. The SMILES string of the molecule is C[C@@H](Sc1ccc2ccccc2n1)C(=O)N1CCc2ccccc21. The number of hydrogen-bond acceptors (Lipinski definition) is 3. The molecule has 2 heterocycles. The monoisotopic (exact) mass is 334 g/mol. The first-order chi connectivity index (χ1) is 11.7. The highest BCUT2D eigenvalue weighted by atomic mass is 32.2. The van der Waals surface area contributed by atoms with Crippen LogP contribution < -0.4 is 4.90 Å². The van der Waals surface area contributed by atoms with Gasteiger partial charge in [-0.2, -0.15) is 0 Å². The van der Waals surface area contributed by atoms with E-state index < -0.39 is 0 Å². The van der Waals surface area contributed by atoms with E-state index in [-0.39, 0.29) is 11.2 Å². The fraction of sp³-hybridized carbons (Fsp3) is 0.200. The Balaban J connectivity index is 1.53. The summed E-state index contributed by atoms with van der Waals surface area (Å²) in [6.45, 7) is 2.74. The third-order valence-electron chi connectivity index (χ3n) is 4.37. The Morgan fingerprint density at radius 2 is 1.88 bits per heavy atom. The van der Waals surface area contributed by atoms with Gasteiger partial charge in [-0.3, -0.25) is 4.79 Å². The zero-order valence-electron chi connectivity index (χ0n) is 13.5. The van der Waals surface area contributed by atoms with E-state index in [1.807, 2.05) is 60.4 Å². The summed E-state index contributed by atoms with van der Waals surface area (Å²) in [5, 5.41) is 1.85. The van der Waals surface area contributed by atoms with Crippen LogP contribution in [0.4, 0.5) is 5.69 Å². The van der Waals surface area contributed by atoms with E-state index >= 15 is 0 Å². The van der Waals surface area contributed by atoms with Crippen LogP contribution in [0.25, 0.3) is 10.9 Å². The molecule has 0 aliphatic carbocycles. The first-order valence-electron chi connectivity index (χ1n) is 8.14. The van der Waals surface area contributed by atoms with E-state index in [0.717, 1.165) is 34.6 Å². The highest BCUT2D eigenvalue weighted by Crippen LogP contribution is 2.31. The first kappa shape index (κ1) is 15.2. The number of rotatable bonds is 3. The number of carbonyl (C=O) groups is 1. The molecule has 0 bridgehead atoms. The van der Waals surface area contributed by atoms with Gasteiger partial charge in [0.05, 0.1) is 15.8 Å². The summed E-state index contributed by atoms with van der Waals surface area (Å²) >= 11 is 1.53. The predicted molar refractivity (Wildman–Crippen MR) is 99.6 cm³/mol. The van der Waals surface area contributed by atoms with Crippen molar-refractivity contribution in [1.29, 1.82) is 0 Å². The normalized spacial score (nSPS) is 14.6. The second-order valence-electron chi connectivity index (χ2n) is 5.97. The lowest BCUT2D eigenvalue weighted by molar-refractivity contribution is -0.117. The van der Waals surface area contributed by atoms with E-state index in [9.17, 15) is 4.79 Å². The molecule has 2 aromatic carbocycles. The molecule has 4 heteroatoms. The Kier molecular flexibility index (Phi) is 3.98. The van der Waals surface area contributed by atoms with Gasteiger partial charge in [-0.25, -0.2) is 4.98 Å². The Morgan fingerprint density at radius 1 is 1.08 bits per heavy atom. The summed E-state index contributed by atoms with van der Waals surface area (Å²) in [7, 11) is 0. The lowest BCUT2D eigenvalue weighted by atomic mass is 10.2. The van der Waals surface area contributed by atoms with Crippen molar-refractivity contribution in [3.05, 3.63) is 66.2 Å². The van der Waals surface area contributed by atoms with Gasteiger partial charge in [0.2, 0.25) is 5.91 Å². The van der Waals surface area contributed by atoms with Gasteiger partial charge in [-0.1, -0.05) is 54.2 Å². The third-order valence-corrected chi connectivity index (χ3v) is 5.40. The number of nitrogens with zero attached hydrogens (tertiary/aromatic N) is 2. The molecular formula is C20H18N2OS. The number of anilines is 1. The summed E-state index contributed by atoms with van der Waals surface area (Å²) in [6, 6.07) is 20.3. The lowest BCUT2D eigenvalue weighted by Crippen LogP contribution is -2.35. The molecule has 3 aromatic rings. The number of thioether (sulfide) groups is 1. The van der Waals surface area contributed by atoms with Crippen molar-refractivity contribution in [3.63, 3.8) is 0 Å². The Bertz CT molecular complexity index is 909. The van der Waals surface area contributed by atoms with Crippen LogP contribution in [0.2, 0.25) is 0 Å². The maximum absolute atomic E-state index is 12.9. The number of carbonyl (C=O) groups excluding carboxylic acids is 1. The van der Waals surface area contributed by atoms with Crippen LogP contribution in [0.1, 0.15) is 12.5 Å². The summed E-state index contributed by atoms with van der Waals surface area (Å²) in [5.74, 6) is 0.153. The summed E-state index contributed by atoms with van der Waals surface area (Å²) < 4.78 is 0. The molecule has 3 nitrogen and oxygen atoms in total. The maximum atomic E-state index is 12.9. The molecule has 0 fully saturated rings. The summed E-state index contributed by atoms with van der Waals surface area (Å²) in [5.41, 5.74) is 3.28. The number of aromatic nitrogens is 1. The van der Waals surface area contributed by atoms with Crippen molar-refractivity contribution in [2.45, 2.75) is 23.6 Å². The molecule has 0 spiro atoms. The predicted octanol–water partition coefficient (Wildman–Crippen LogP) is 4.30. The van der Waals surface area contributed by atoms with E-state index in [1.54, 1.807) is 0 Å². The molecule has 0 radical (unpaired) electrons. The summed E-state index contributed by atoms with van der Waals surface area (Å²) in [4.78, 5) is 19.4. The Hall–Kier alpha value is -2.33. The van der Waals surface area contributed by atoms with E-state index in [2.05, 4.69) is 17.1 Å². The number of para-hydroxylation sites is 2. The molecule has 1 atom stereocenters. The minimum absolute atomic E-state index is 0.153. The quantitative estimate of drug-likeness (QED) is 0.669. The second-order valence-corrected chi connectivity index (χ2v) is 7.33. The molecule has 1 aliphatic rings. The van der Waals surface area contributed by atoms with Crippen LogP contribution in [0, 0.1) is 0 Å². The fourth-order valence-corrected chi connectivity index (χ4v) is 4.02. The number of fused-ring (bicyclic) bond motifs is 2. The topological polar surface area (TPSA) is 33.2 Å². The van der Waals surface area contributed by atoms with Crippen LogP contribution in [-0.2, 0) is 11.2 Å². The fourth-order valence-electron chi connectivity index (χ4n) is 3.13. The molecule has 1 aromatic heterocycles. The van der Waals surface area contributed by atoms with Crippen LogP contribution in [0.3, 0.4) is 0 Å². The van der Waals surface area contributed by atoms with Crippen molar-refractivity contribution in [3.8, 4) is 0 Å². The van der Waals surface area contributed by atoms with Crippen LogP contribution in [0.5, 0.6) is 0 Å². The van der Waals surface area contributed by atoms with Gasteiger partial charge in [0.15, 0.2) is 0 Å². The molecular weight excluding hydrogens is 316 g/mol. The molecule has 1 aliphatic heterocycles. The summed E-state index contributed by atoms with van der Waals surface area (Å²) in [6.07, 6.45) is 0.938. The third kappa shape index (κ3) is 2.78. The van der Waals surface area contributed by atoms with Crippen molar-refractivity contribution >= 4 is 34.3 Å². The number of pyridine rings is 1. The Morgan fingerprint density at radius 3 is 2.79 bits per heavy atom. The van der Waals surface area contributed by atoms with E-state index in [0.29, 0.717) is 0 Å². The van der Waals surface area contributed by atoms with Gasteiger partial charge in [-0.05, 0) is 37.1 Å². The van der Waals surface area contributed by atoms with Gasteiger partial charge in [0.1, 0.15) is 0 Å². The molecule has 0 saturated carbocycles. The molecule has 120 valence electrons. The number of benzene rings is 2. The average molecular weight is 334 g/mol. The van der Waals surface area contributed by atoms with Gasteiger partial charge in [0, 0.05) is 17.6 Å². The van der Waals surface area contributed by atoms with E-state index in [1.165, 1.54) is 17.3 Å². The zero-order chi connectivity index (χ0) is 16.5. The van der Waals surface area contributed by atoms with Crippen LogP contribution in [-0.4, -0.2) is 22.7 Å². The largest absolute Gasteiger partial charge is 0.311 e. The van der Waals surface area contributed by atoms with Gasteiger partial charge in [-0.15, -0.1) is 0 Å². The molecule has 1 amide bonds. The zero-order valence-corrected chi connectivity index (χ0v) is 14.3. The number of hydrogen-bond donors (Lipinski definition) is 0. The Labute approximate surface area is 145 Å². The van der Waals surface area contributed by atoms with Crippen molar-refractivity contribution in [2.75, 3.05) is 11.4 Å². The molecule has 0 unspecified atom stereocenters. The highest BCUT2D eigenvalue weighted by Gasteiger charge is 2.28. The second kappa shape index (κ2) is 6.29. The number of amides is 1. The van der Waals surface area contributed by atoms with Crippen molar-refractivity contribution in [1.82, 2.24) is 4.98 Å². The van der Waals surface area contributed by atoms with Crippen LogP contribution >= 0.6 is 11.8 Å². The van der Waals surface area contributed by atoms with Gasteiger partial charge < -0.3 is 4.90 Å². The standard InChI is InChI=1S/C20H18N2OS/c1-14(20(23)22-13-12-16-7-3-5-9-18(16)22)24-19-11-10-15-6-2-4-8-17(15)21-19/h2-11,14H,12-13H2,1H3/t14-/m1/s1. The molecule has 4 rings (SSSR count). The lowest BCUT2D eigenvalue weighted by Gasteiger charge is -2.21. The molecule has 24 heavy (non-hydrogen) atoms. The van der Waals surface area contributed by atoms with Gasteiger partial charge in [0.25, 0.3) is 0 Å². The molecule has 0 N–H and O–H groups in total. The maximum Gasteiger partial charge on any atom is 0.240 e. The highest BCUT2D eigenvalue weighted by molar-refractivity contribution is 8.00. The first-order valence-corrected chi connectivity index (χ1v) is 9.02. The minimum Gasteiger partial charge on any atom is -0.311 e.